The number of carbonyl (C=O) groups is 3. The van der Waals surface area contributed by atoms with Crippen LogP contribution in [0, 0.1) is 0 Å². The normalized spacial score (nSPS) is 18.9. The molecule has 1 aromatic rings. The second-order valence-corrected chi connectivity index (χ2v) is 11.6. The molecule has 0 aliphatic carbocycles. The van der Waals surface area contributed by atoms with Crippen molar-refractivity contribution >= 4 is 18.2 Å². The number of ether oxygens (including phenoxy) is 3. The van der Waals surface area contributed by atoms with E-state index in [9.17, 15) is 14.4 Å². The highest BCUT2D eigenvalue weighted by Gasteiger charge is 2.40. The Hall–Kier alpha value is -3.03. The van der Waals surface area contributed by atoms with Gasteiger partial charge in [0.2, 0.25) is 0 Å². The van der Waals surface area contributed by atoms with Crippen molar-refractivity contribution in [3.8, 4) is 0 Å². The lowest BCUT2D eigenvalue weighted by Crippen LogP contribution is -2.58. The number of hydrogen-bond donors (Lipinski definition) is 0. The molecular weight excluding hydrogens is 472 g/mol. The quantitative estimate of drug-likeness (QED) is 0.236. The number of hydrogen-bond acceptors (Lipinski definition) is 6. The smallest absolute Gasteiger partial charge is 0.410 e. The Morgan fingerprint density at radius 1 is 1.03 bits per heavy atom. The van der Waals surface area contributed by atoms with Crippen LogP contribution in [-0.2, 0) is 25.6 Å². The van der Waals surface area contributed by atoms with E-state index in [0.717, 1.165) is 18.4 Å². The fraction of sp³-hybridized carbons (Fsp3) is 0.621. The lowest BCUT2D eigenvalue weighted by atomic mass is 9.93. The summed E-state index contributed by atoms with van der Waals surface area (Å²) in [5, 5.41) is 0. The molecule has 0 bridgehead atoms. The molecule has 2 amide bonds. The molecule has 1 aliphatic rings. The molecule has 0 aromatic heterocycles. The van der Waals surface area contributed by atoms with Gasteiger partial charge in [0, 0.05) is 12.6 Å². The van der Waals surface area contributed by atoms with Gasteiger partial charge < -0.3 is 19.1 Å². The Kier molecular flexibility index (Phi) is 10.6. The zero-order valence-corrected chi connectivity index (χ0v) is 23.5. The van der Waals surface area contributed by atoms with Crippen LogP contribution in [0.1, 0.15) is 79.7 Å². The minimum absolute atomic E-state index is 0.0662. The molecule has 8 heteroatoms. The summed E-state index contributed by atoms with van der Waals surface area (Å²) in [7, 11) is 0. The van der Waals surface area contributed by atoms with Gasteiger partial charge in [0.15, 0.2) is 0 Å². The van der Waals surface area contributed by atoms with E-state index in [0.29, 0.717) is 12.8 Å². The number of likely N-dealkylation sites (tertiary alicyclic amines) is 1. The van der Waals surface area contributed by atoms with E-state index in [1.807, 2.05) is 51.1 Å². The average Bonchev–Trinajstić information content (AvgIpc) is 2.79. The highest BCUT2D eigenvalue weighted by atomic mass is 16.6. The van der Waals surface area contributed by atoms with Gasteiger partial charge in [-0.05, 0) is 79.7 Å². The third-order valence-electron chi connectivity index (χ3n) is 5.97. The van der Waals surface area contributed by atoms with Crippen molar-refractivity contribution in [3.05, 3.63) is 48.6 Å². The Labute approximate surface area is 221 Å². The summed E-state index contributed by atoms with van der Waals surface area (Å²) in [5.74, 6) is -0.536. The lowest BCUT2D eigenvalue weighted by molar-refractivity contribution is -0.160. The van der Waals surface area contributed by atoms with Crippen LogP contribution in [0.15, 0.2) is 43.0 Å². The standard InChI is InChI=1S/C29H44N2O6/c1-9-14-23-17-13-18-24(31(23)27(34)37-29(6,7)8)19-30(21(2)25(32)36-28(3,4)5)26(33)35-20-22-15-11-10-12-16-22/h9-12,15-16,21,23-24H,1,13-14,17-20H2,2-8H3/t21-,23?,24?/m0/s1. The molecule has 3 atom stereocenters. The molecule has 0 spiro atoms. The lowest BCUT2D eigenvalue weighted by Gasteiger charge is -2.44. The van der Waals surface area contributed by atoms with Crippen LogP contribution in [0.4, 0.5) is 9.59 Å². The molecule has 0 radical (unpaired) electrons. The first-order chi connectivity index (χ1) is 17.2. The predicted molar refractivity (Wildman–Crippen MR) is 143 cm³/mol. The van der Waals surface area contributed by atoms with Crippen molar-refractivity contribution < 1.29 is 28.6 Å². The second kappa shape index (κ2) is 13.0. The fourth-order valence-corrected chi connectivity index (χ4v) is 4.32. The fourth-order valence-electron chi connectivity index (χ4n) is 4.32. The van der Waals surface area contributed by atoms with Crippen molar-refractivity contribution in [2.24, 2.45) is 0 Å². The molecule has 37 heavy (non-hydrogen) atoms. The molecule has 206 valence electrons. The van der Waals surface area contributed by atoms with E-state index < -0.39 is 35.4 Å². The molecule has 8 nitrogen and oxygen atoms in total. The molecule has 1 saturated heterocycles. The zero-order chi connectivity index (χ0) is 27.8. The van der Waals surface area contributed by atoms with Gasteiger partial charge in [0.25, 0.3) is 0 Å². The van der Waals surface area contributed by atoms with Crippen LogP contribution in [0.3, 0.4) is 0 Å². The van der Waals surface area contributed by atoms with Gasteiger partial charge in [-0.3, -0.25) is 4.90 Å². The average molecular weight is 517 g/mol. The Bertz CT molecular complexity index is 919. The molecule has 1 aromatic carbocycles. The highest BCUT2D eigenvalue weighted by molar-refractivity contribution is 5.81. The van der Waals surface area contributed by atoms with Crippen molar-refractivity contribution in [3.63, 3.8) is 0 Å². The highest BCUT2D eigenvalue weighted by Crippen LogP contribution is 2.29. The summed E-state index contributed by atoms with van der Waals surface area (Å²) in [5.41, 5.74) is -0.552. The monoisotopic (exact) mass is 516 g/mol. The van der Waals surface area contributed by atoms with Crippen LogP contribution in [0.25, 0.3) is 0 Å². The van der Waals surface area contributed by atoms with Gasteiger partial charge in [-0.1, -0.05) is 36.4 Å². The van der Waals surface area contributed by atoms with Crippen LogP contribution in [-0.4, -0.2) is 63.8 Å². The number of piperidine rings is 1. The van der Waals surface area contributed by atoms with Gasteiger partial charge in [-0.15, -0.1) is 6.58 Å². The van der Waals surface area contributed by atoms with Crippen LogP contribution < -0.4 is 0 Å². The number of rotatable bonds is 8. The first-order valence-electron chi connectivity index (χ1n) is 13.0. The maximum Gasteiger partial charge on any atom is 0.410 e. The number of esters is 1. The Morgan fingerprint density at radius 2 is 1.62 bits per heavy atom. The molecule has 1 aliphatic heterocycles. The first-order valence-corrected chi connectivity index (χ1v) is 13.0. The van der Waals surface area contributed by atoms with E-state index in [4.69, 9.17) is 14.2 Å². The van der Waals surface area contributed by atoms with Gasteiger partial charge in [-0.25, -0.2) is 14.4 Å². The molecule has 0 saturated carbocycles. The third kappa shape index (κ3) is 9.74. The maximum atomic E-state index is 13.4. The van der Waals surface area contributed by atoms with E-state index in [1.54, 1.807) is 38.7 Å². The minimum Gasteiger partial charge on any atom is -0.458 e. The van der Waals surface area contributed by atoms with E-state index in [2.05, 4.69) is 6.58 Å². The Balaban J connectivity index is 2.33. The third-order valence-corrected chi connectivity index (χ3v) is 5.97. The number of benzene rings is 1. The molecule has 1 fully saturated rings. The minimum atomic E-state index is -0.914. The van der Waals surface area contributed by atoms with Gasteiger partial charge in [0.1, 0.15) is 23.9 Å². The van der Waals surface area contributed by atoms with Crippen molar-refractivity contribution in [1.82, 2.24) is 9.80 Å². The van der Waals surface area contributed by atoms with Crippen LogP contribution >= 0.6 is 0 Å². The zero-order valence-electron chi connectivity index (χ0n) is 23.5. The largest absolute Gasteiger partial charge is 0.458 e. The number of nitrogens with zero attached hydrogens (tertiary/aromatic N) is 2. The summed E-state index contributed by atoms with van der Waals surface area (Å²) in [6.07, 6.45) is 3.66. The molecule has 0 N–H and O–H groups in total. The topological polar surface area (TPSA) is 85.4 Å². The summed E-state index contributed by atoms with van der Waals surface area (Å²) in [6.45, 7) is 16.5. The van der Waals surface area contributed by atoms with Crippen molar-refractivity contribution in [1.29, 1.82) is 0 Å². The predicted octanol–water partition coefficient (Wildman–Crippen LogP) is 6.09. The van der Waals surface area contributed by atoms with Crippen molar-refractivity contribution in [2.75, 3.05) is 6.54 Å². The van der Waals surface area contributed by atoms with Crippen molar-refractivity contribution in [2.45, 2.75) is 110 Å². The number of amides is 2. The summed E-state index contributed by atoms with van der Waals surface area (Å²) < 4.78 is 16.9. The van der Waals surface area contributed by atoms with Gasteiger partial charge in [-0.2, -0.15) is 0 Å². The number of carbonyl (C=O) groups excluding carboxylic acids is 3. The summed E-state index contributed by atoms with van der Waals surface area (Å²) in [6, 6.07) is 7.96. The SMILES string of the molecule is C=CCC1CCCC(CN(C(=O)OCc2ccccc2)[C@@H](C)C(=O)OC(C)(C)C)N1C(=O)OC(C)(C)C. The van der Waals surface area contributed by atoms with Crippen LogP contribution in [0.2, 0.25) is 0 Å². The summed E-state index contributed by atoms with van der Waals surface area (Å²) in [4.78, 5) is 42.8. The molecule has 2 rings (SSSR count). The molecule has 2 unspecified atom stereocenters. The van der Waals surface area contributed by atoms with E-state index in [1.165, 1.54) is 4.90 Å². The maximum absolute atomic E-state index is 13.4. The molecular formula is C29H44N2O6. The van der Waals surface area contributed by atoms with Gasteiger partial charge in [0.05, 0.1) is 6.04 Å². The van der Waals surface area contributed by atoms with Crippen LogP contribution in [0.5, 0.6) is 0 Å². The Morgan fingerprint density at radius 3 is 2.19 bits per heavy atom. The van der Waals surface area contributed by atoms with E-state index in [-0.39, 0.29) is 25.2 Å². The molecule has 1 heterocycles. The summed E-state index contributed by atoms with van der Waals surface area (Å²) >= 11 is 0. The van der Waals surface area contributed by atoms with E-state index >= 15 is 0 Å². The first kappa shape index (κ1) is 30.2. The second-order valence-electron chi connectivity index (χ2n) is 11.6. The van der Waals surface area contributed by atoms with Gasteiger partial charge >= 0.3 is 18.2 Å².